The van der Waals surface area contributed by atoms with Gasteiger partial charge in [-0.25, -0.2) is 0 Å². The largest absolute Gasteiger partial charge is 0.494 e. The molecule has 0 aliphatic rings. The highest BCUT2D eigenvalue weighted by Gasteiger charge is 2.04. The summed E-state index contributed by atoms with van der Waals surface area (Å²) in [4.78, 5) is 12.1. The third-order valence-corrected chi connectivity index (χ3v) is 4.07. The Morgan fingerprint density at radius 2 is 1.34 bits per heavy atom. The van der Waals surface area contributed by atoms with Crippen LogP contribution in [0.15, 0.2) is 78.9 Å². The second-order valence-electron chi connectivity index (χ2n) is 6.34. The zero-order valence-electron chi connectivity index (χ0n) is 16.5. The van der Waals surface area contributed by atoms with E-state index in [2.05, 4.69) is 5.32 Å². The fourth-order valence-electron chi connectivity index (χ4n) is 2.68. The minimum Gasteiger partial charge on any atom is -0.494 e. The summed E-state index contributed by atoms with van der Waals surface area (Å²) in [6.07, 6.45) is 1.05. The Balaban J connectivity index is 1.40. The number of carbonyl (C=O) groups is 1. The highest BCUT2D eigenvalue weighted by atomic mass is 16.5. The Morgan fingerprint density at radius 3 is 2.00 bits per heavy atom. The lowest BCUT2D eigenvalue weighted by atomic mass is 10.2. The quantitative estimate of drug-likeness (QED) is 0.452. The highest BCUT2D eigenvalue weighted by Crippen LogP contribution is 2.25. The van der Waals surface area contributed by atoms with Crippen molar-refractivity contribution in [2.45, 2.75) is 19.8 Å². The van der Waals surface area contributed by atoms with Crippen LogP contribution in [0.3, 0.4) is 0 Å². The molecule has 3 rings (SSSR count). The second-order valence-corrected chi connectivity index (χ2v) is 6.34. The lowest BCUT2D eigenvalue weighted by Gasteiger charge is -2.09. The van der Waals surface area contributed by atoms with E-state index in [1.165, 1.54) is 0 Å². The maximum Gasteiger partial charge on any atom is 0.224 e. The normalized spacial score (nSPS) is 10.2. The molecule has 0 unspecified atom stereocenters. The van der Waals surface area contributed by atoms with E-state index >= 15 is 0 Å². The number of hydrogen-bond acceptors (Lipinski definition) is 4. The van der Waals surface area contributed by atoms with Gasteiger partial charge in [0.25, 0.3) is 0 Å². The highest BCUT2D eigenvalue weighted by molar-refractivity contribution is 5.90. The molecule has 5 nitrogen and oxygen atoms in total. The molecular formula is C24H25NO4. The van der Waals surface area contributed by atoms with Crippen molar-refractivity contribution >= 4 is 11.6 Å². The Labute approximate surface area is 171 Å². The van der Waals surface area contributed by atoms with E-state index < -0.39 is 0 Å². The van der Waals surface area contributed by atoms with Gasteiger partial charge in [-0.3, -0.25) is 4.79 Å². The van der Waals surface area contributed by atoms with Gasteiger partial charge in [0.2, 0.25) is 5.91 Å². The van der Waals surface area contributed by atoms with Crippen LogP contribution < -0.4 is 19.5 Å². The third kappa shape index (κ3) is 6.88. The van der Waals surface area contributed by atoms with Crippen LogP contribution in [-0.4, -0.2) is 19.1 Å². The van der Waals surface area contributed by atoms with Gasteiger partial charge in [-0.15, -0.1) is 0 Å². The Morgan fingerprint density at radius 1 is 0.759 bits per heavy atom. The van der Waals surface area contributed by atoms with Crippen molar-refractivity contribution in [1.29, 1.82) is 0 Å². The van der Waals surface area contributed by atoms with Gasteiger partial charge >= 0.3 is 0 Å². The number of nitrogens with one attached hydrogen (secondary N) is 1. The molecule has 0 fully saturated rings. The van der Waals surface area contributed by atoms with Crippen LogP contribution >= 0.6 is 0 Å². The molecule has 3 aromatic rings. The number of para-hydroxylation sites is 1. The molecule has 0 saturated heterocycles. The van der Waals surface area contributed by atoms with Crippen molar-refractivity contribution in [3.05, 3.63) is 78.9 Å². The van der Waals surface area contributed by atoms with Crippen molar-refractivity contribution in [3.8, 4) is 23.0 Å². The van der Waals surface area contributed by atoms with E-state index in [-0.39, 0.29) is 5.91 Å². The molecular weight excluding hydrogens is 366 g/mol. The van der Waals surface area contributed by atoms with Crippen LogP contribution in [0.25, 0.3) is 0 Å². The lowest BCUT2D eigenvalue weighted by Crippen LogP contribution is -2.12. The fourth-order valence-corrected chi connectivity index (χ4v) is 2.68. The van der Waals surface area contributed by atoms with Gasteiger partial charge in [-0.2, -0.15) is 0 Å². The summed E-state index contributed by atoms with van der Waals surface area (Å²) in [5.74, 6) is 3.01. The van der Waals surface area contributed by atoms with E-state index in [4.69, 9.17) is 14.2 Å². The number of rotatable bonds is 10. The van der Waals surface area contributed by atoms with Gasteiger partial charge in [-0.1, -0.05) is 18.2 Å². The molecule has 29 heavy (non-hydrogen) atoms. The fraction of sp³-hybridized carbons (Fsp3) is 0.208. The van der Waals surface area contributed by atoms with Gasteiger partial charge in [0.05, 0.1) is 13.2 Å². The first kappa shape index (κ1) is 20.3. The summed E-state index contributed by atoms with van der Waals surface area (Å²) in [6, 6.07) is 24.3. The first-order chi connectivity index (χ1) is 14.2. The Bertz CT molecular complexity index is 877. The first-order valence-corrected chi connectivity index (χ1v) is 9.71. The second kappa shape index (κ2) is 10.8. The molecule has 5 heteroatoms. The lowest BCUT2D eigenvalue weighted by molar-refractivity contribution is -0.116. The molecule has 1 amide bonds. The first-order valence-electron chi connectivity index (χ1n) is 9.71. The Kier molecular flexibility index (Phi) is 7.52. The summed E-state index contributed by atoms with van der Waals surface area (Å²) < 4.78 is 16.8. The van der Waals surface area contributed by atoms with E-state index in [1.807, 2.05) is 85.8 Å². The Hall–Kier alpha value is -3.47. The molecule has 3 aromatic carbocycles. The van der Waals surface area contributed by atoms with Crippen LogP contribution in [0.1, 0.15) is 19.8 Å². The summed E-state index contributed by atoms with van der Waals surface area (Å²) in [5, 5.41) is 2.89. The number of carbonyl (C=O) groups excluding carboxylic acids is 1. The monoisotopic (exact) mass is 391 g/mol. The van der Waals surface area contributed by atoms with Gasteiger partial charge in [0.15, 0.2) is 0 Å². The average Bonchev–Trinajstić information content (AvgIpc) is 2.75. The van der Waals surface area contributed by atoms with E-state index in [9.17, 15) is 4.79 Å². The van der Waals surface area contributed by atoms with Crippen molar-refractivity contribution in [2.24, 2.45) is 0 Å². The number of ether oxygens (including phenoxy) is 3. The SMILES string of the molecule is CCOc1ccc(Oc2ccc(NC(=O)CCCOc3ccccc3)cc2)cc1. The average molecular weight is 391 g/mol. The topological polar surface area (TPSA) is 56.8 Å². The molecule has 0 heterocycles. The molecule has 0 aliphatic heterocycles. The maximum atomic E-state index is 12.1. The molecule has 0 spiro atoms. The maximum absolute atomic E-state index is 12.1. The van der Waals surface area contributed by atoms with Crippen molar-refractivity contribution < 1.29 is 19.0 Å². The van der Waals surface area contributed by atoms with Crippen LogP contribution in [0.5, 0.6) is 23.0 Å². The summed E-state index contributed by atoms with van der Waals surface area (Å²) in [7, 11) is 0. The van der Waals surface area contributed by atoms with E-state index in [1.54, 1.807) is 0 Å². The summed E-state index contributed by atoms with van der Waals surface area (Å²) in [6.45, 7) is 3.09. The standard InChI is InChI=1S/C24H25NO4/c1-2-27-21-14-16-23(17-15-21)29-22-12-10-19(11-13-22)25-24(26)9-6-18-28-20-7-4-3-5-8-20/h3-5,7-8,10-17H,2,6,9,18H2,1H3,(H,25,26). The number of amides is 1. The van der Waals surface area contributed by atoms with Gasteiger partial charge < -0.3 is 19.5 Å². The van der Waals surface area contributed by atoms with Gasteiger partial charge in [-0.05, 0) is 74.0 Å². The van der Waals surface area contributed by atoms with Crippen LogP contribution in [0.4, 0.5) is 5.69 Å². The van der Waals surface area contributed by atoms with E-state index in [0.717, 1.165) is 22.9 Å². The third-order valence-electron chi connectivity index (χ3n) is 4.07. The molecule has 1 N–H and O–H groups in total. The molecule has 0 atom stereocenters. The molecule has 0 bridgehead atoms. The predicted molar refractivity (Wildman–Crippen MR) is 114 cm³/mol. The molecule has 0 radical (unpaired) electrons. The number of anilines is 1. The zero-order chi connectivity index (χ0) is 20.3. The summed E-state index contributed by atoms with van der Waals surface area (Å²) >= 11 is 0. The minimum absolute atomic E-state index is 0.0400. The zero-order valence-corrected chi connectivity index (χ0v) is 16.5. The molecule has 0 aliphatic carbocycles. The predicted octanol–water partition coefficient (Wildman–Crippen LogP) is 5.68. The molecule has 0 saturated carbocycles. The smallest absolute Gasteiger partial charge is 0.224 e. The van der Waals surface area contributed by atoms with Gasteiger partial charge in [0.1, 0.15) is 23.0 Å². The summed E-state index contributed by atoms with van der Waals surface area (Å²) in [5.41, 5.74) is 0.734. The molecule has 150 valence electrons. The van der Waals surface area contributed by atoms with Gasteiger partial charge in [0, 0.05) is 12.1 Å². The van der Waals surface area contributed by atoms with Crippen LogP contribution in [0.2, 0.25) is 0 Å². The molecule has 0 aromatic heterocycles. The minimum atomic E-state index is -0.0400. The number of benzene rings is 3. The van der Waals surface area contributed by atoms with Crippen molar-refractivity contribution in [3.63, 3.8) is 0 Å². The van der Waals surface area contributed by atoms with Crippen LogP contribution in [-0.2, 0) is 4.79 Å². The van der Waals surface area contributed by atoms with E-state index in [0.29, 0.717) is 31.8 Å². The van der Waals surface area contributed by atoms with Crippen LogP contribution in [0, 0.1) is 0 Å². The van der Waals surface area contributed by atoms with Crippen molar-refractivity contribution in [1.82, 2.24) is 0 Å². The number of hydrogen-bond donors (Lipinski definition) is 1. The van der Waals surface area contributed by atoms with Crippen molar-refractivity contribution in [2.75, 3.05) is 18.5 Å².